The first-order valence-corrected chi connectivity index (χ1v) is 10.9. The Morgan fingerprint density at radius 1 is 0.742 bits per heavy atom. The standard InChI is InChI=1S/C28H23N3/c1-3-9-19(10-4-1)20-15-17-21(18-16-20)25-26(22-11-5-2-6-12-22)31-28-27(25)29-23-13-7-8-14-24(23)30-28/h1-14,17,20H,15-16,18H2,(H,30,31). The molecule has 3 aromatic carbocycles. The molecule has 1 aliphatic carbocycles. The number of allylic oxidation sites excluding steroid dienone is 2. The van der Waals surface area contributed by atoms with E-state index in [2.05, 4.69) is 71.7 Å². The second-order valence-electron chi connectivity index (χ2n) is 8.26. The SMILES string of the molecule is C1=C(c2c(-c3ccccc3)[nH]c3nc4ccccc4nc23)CCC(c2ccccc2)C1. The summed E-state index contributed by atoms with van der Waals surface area (Å²) in [7, 11) is 0. The summed E-state index contributed by atoms with van der Waals surface area (Å²) in [5, 5.41) is 0. The first-order chi connectivity index (χ1) is 15.4. The molecule has 3 nitrogen and oxygen atoms in total. The number of fused-ring (bicyclic) bond motifs is 2. The average Bonchev–Trinajstić information content (AvgIpc) is 3.22. The molecule has 0 fully saturated rings. The average molecular weight is 402 g/mol. The van der Waals surface area contributed by atoms with Crippen molar-refractivity contribution in [3.8, 4) is 11.3 Å². The van der Waals surface area contributed by atoms with Gasteiger partial charge in [0.25, 0.3) is 0 Å². The van der Waals surface area contributed by atoms with Crippen LogP contribution < -0.4 is 0 Å². The highest BCUT2D eigenvalue weighted by Gasteiger charge is 2.23. The van der Waals surface area contributed by atoms with Gasteiger partial charge in [0.05, 0.1) is 16.7 Å². The Morgan fingerprint density at radius 3 is 2.13 bits per heavy atom. The molecule has 5 aromatic rings. The molecule has 0 amide bonds. The van der Waals surface area contributed by atoms with Gasteiger partial charge < -0.3 is 4.98 Å². The number of rotatable bonds is 3. The van der Waals surface area contributed by atoms with E-state index in [4.69, 9.17) is 9.97 Å². The Hall–Kier alpha value is -3.72. The Kier molecular flexibility index (Phi) is 4.38. The molecule has 31 heavy (non-hydrogen) atoms. The fraction of sp³-hybridized carbons (Fsp3) is 0.143. The van der Waals surface area contributed by atoms with Gasteiger partial charge in [0.1, 0.15) is 5.52 Å². The molecular formula is C28H23N3. The lowest BCUT2D eigenvalue weighted by Gasteiger charge is -2.23. The second-order valence-corrected chi connectivity index (χ2v) is 8.26. The van der Waals surface area contributed by atoms with E-state index in [1.165, 1.54) is 22.3 Å². The van der Waals surface area contributed by atoms with Crippen LogP contribution in [-0.4, -0.2) is 15.0 Å². The number of nitrogens with zero attached hydrogens (tertiary/aromatic N) is 2. The van der Waals surface area contributed by atoms with Crippen LogP contribution in [0.1, 0.15) is 36.3 Å². The summed E-state index contributed by atoms with van der Waals surface area (Å²) in [6.07, 6.45) is 5.67. The van der Waals surface area contributed by atoms with Crippen LogP contribution in [0.3, 0.4) is 0 Å². The third kappa shape index (κ3) is 3.23. The highest BCUT2D eigenvalue weighted by molar-refractivity contribution is 5.99. The molecule has 0 bridgehead atoms. The number of hydrogen-bond donors (Lipinski definition) is 1. The normalized spacial score (nSPS) is 16.5. The summed E-state index contributed by atoms with van der Waals surface area (Å²) in [4.78, 5) is 13.5. The molecule has 3 heteroatoms. The molecule has 0 aliphatic heterocycles. The molecule has 0 radical (unpaired) electrons. The van der Waals surface area contributed by atoms with Crippen molar-refractivity contribution in [2.75, 3.05) is 0 Å². The highest BCUT2D eigenvalue weighted by atomic mass is 14.9. The van der Waals surface area contributed by atoms with E-state index < -0.39 is 0 Å². The number of aromatic nitrogens is 3. The van der Waals surface area contributed by atoms with Gasteiger partial charge in [0, 0.05) is 5.56 Å². The number of para-hydroxylation sites is 2. The predicted octanol–water partition coefficient (Wildman–Crippen LogP) is 7.13. The van der Waals surface area contributed by atoms with E-state index in [-0.39, 0.29) is 0 Å². The Bertz CT molecular complexity index is 1400. The fourth-order valence-electron chi connectivity index (χ4n) is 4.78. The van der Waals surface area contributed by atoms with Gasteiger partial charge in [-0.2, -0.15) is 0 Å². The quantitative estimate of drug-likeness (QED) is 0.349. The maximum Gasteiger partial charge on any atom is 0.157 e. The second kappa shape index (κ2) is 7.51. The Balaban J connectivity index is 1.51. The number of benzene rings is 3. The fourth-order valence-corrected chi connectivity index (χ4v) is 4.78. The van der Waals surface area contributed by atoms with Crippen molar-refractivity contribution in [2.45, 2.75) is 25.2 Å². The molecule has 0 spiro atoms. The Labute approximate surface area is 181 Å². The van der Waals surface area contributed by atoms with E-state index in [1.807, 2.05) is 24.3 Å². The minimum Gasteiger partial charge on any atom is -0.337 e. The number of hydrogen-bond acceptors (Lipinski definition) is 2. The van der Waals surface area contributed by atoms with Crippen LogP contribution in [0.4, 0.5) is 0 Å². The number of nitrogens with one attached hydrogen (secondary N) is 1. The molecule has 0 saturated heterocycles. The zero-order chi connectivity index (χ0) is 20.6. The first-order valence-electron chi connectivity index (χ1n) is 10.9. The molecule has 6 rings (SSSR count). The third-order valence-electron chi connectivity index (χ3n) is 6.37. The van der Waals surface area contributed by atoms with Crippen molar-refractivity contribution >= 4 is 27.8 Å². The van der Waals surface area contributed by atoms with Crippen LogP contribution in [-0.2, 0) is 0 Å². The van der Waals surface area contributed by atoms with Gasteiger partial charge in [0.15, 0.2) is 5.65 Å². The topological polar surface area (TPSA) is 41.6 Å². The monoisotopic (exact) mass is 401 g/mol. The molecule has 2 aromatic heterocycles. The van der Waals surface area contributed by atoms with Gasteiger partial charge >= 0.3 is 0 Å². The predicted molar refractivity (Wildman–Crippen MR) is 128 cm³/mol. The van der Waals surface area contributed by atoms with E-state index >= 15 is 0 Å². The summed E-state index contributed by atoms with van der Waals surface area (Å²) in [6, 6.07) is 29.5. The molecule has 2 heterocycles. The molecular weight excluding hydrogens is 378 g/mol. The van der Waals surface area contributed by atoms with E-state index in [0.29, 0.717) is 5.92 Å². The summed E-state index contributed by atoms with van der Waals surface area (Å²) < 4.78 is 0. The van der Waals surface area contributed by atoms with Crippen LogP contribution in [0.15, 0.2) is 91.0 Å². The maximum atomic E-state index is 5.04. The molecule has 1 unspecified atom stereocenters. The van der Waals surface area contributed by atoms with Crippen molar-refractivity contribution in [2.24, 2.45) is 0 Å². The van der Waals surface area contributed by atoms with E-state index in [0.717, 1.165) is 47.2 Å². The van der Waals surface area contributed by atoms with Crippen LogP contribution in [0.25, 0.3) is 39.0 Å². The molecule has 1 N–H and O–H groups in total. The molecule has 150 valence electrons. The van der Waals surface area contributed by atoms with Crippen LogP contribution >= 0.6 is 0 Å². The summed E-state index contributed by atoms with van der Waals surface area (Å²) in [5.74, 6) is 0.585. The molecule has 1 atom stereocenters. The first kappa shape index (κ1) is 18.1. The number of H-pyrrole nitrogens is 1. The summed E-state index contributed by atoms with van der Waals surface area (Å²) in [5.41, 5.74) is 10.0. The van der Waals surface area contributed by atoms with Crippen LogP contribution in [0, 0.1) is 0 Å². The third-order valence-corrected chi connectivity index (χ3v) is 6.37. The van der Waals surface area contributed by atoms with Crippen molar-refractivity contribution in [3.05, 3.63) is 102 Å². The lowest BCUT2D eigenvalue weighted by molar-refractivity contribution is 0.626. The lowest BCUT2D eigenvalue weighted by Crippen LogP contribution is -2.04. The van der Waals surface area contributed by atoms with Gasteiger partial charge in [-0.1, -0.05) is 78.9 Å². The highest BCUT2D eigenvalue weighted by Crippen LogP contribution is 2.41. The minimum atomic E-state index is 0.585. The van der Waals surface area contributed by atoms with Crippen molar-refractivity contribution < 1.29 is 0 Å². The van der Waals surface area contributed by atoms with Gasteiger partial charge in [-0.25, -0.2) is 9.97 Å². The van der Waals surface area contributed by atoms with Gasteiger partial charge in [-0.05, 0) is 54.0 Å². The lowest BCUT2D eigenvalue weighted by atomic mass is 9.82. The zero-order valence-electron chi connectivity index (χ0n) is 17.3. The zero-order valence-corrected chi connectivity index (χ0v) is 17.3. The van der Waals surface area contributed by atoms with Gasteiger partial charge in [-0.3, -0.25) is 0 Å². The van der Waals surface area contributed by atoms with Crippen molar-refractivity contribution in [1.82, 2.24) is 15.0 Å². The summed E-state index contributed by atoms with van der Waals surface area (Å²) in [6.45, 7) is 0. The van der Waals surface area contributed by atoms with E-state index in [9.17, 15) is 0 Å². The van der Waals surface area contributed by atoms with Gasteiger partial charge in [0.2, 0.25) is 0 Å². The minimum absolute atomic E-state index is 0.585. The van der Waals surface area contributed by atoms with Crippen molar-refractivity contribution in [1.29, 1.82) is 0 Å². The van der Waals surface area contributed by atoms with Crippen LogP contribution in [0.2, 0.25) is 0 Å². The maximum absolute atomic E-state index is 5.04. The summed E-state index contributed by atoms with van der Waals surface area (Å²) >= 11 is 0. The smallest absolute Gasteiger partial charge is 0.157 e. The largest absolute Gasteiger partial charge is 0.337 e. The van der Waals surface area contributed by atoms with Crippen molar-refractivity contribution in [3.63, 3.8) is 0 Å². The Morgan fingerprint density at radius 2 is 1.42 bits per heavy atom. The molecule has 1 aliphatic rings. The van der Waals surface area contributed by atoms with E-state index in [1.54, 1.807) is 0 Å². The molecule has 0 saturated carbocycles. The van der Waals surface area contributed by atoms with Crippen LogP contribution in [0.5, 0.6) is 0 Å². The van der Waals surface area contributed by atoms with Gasteiger partial charge in [-0.15, -0.1) is 0 Å². The number of aromatic amines is 1.